The average molecular weight is 315 g/mol. The summed E-state index contributed by atoms with van der Waals surface area (Å²) in [7, 11) is 0. The van der Waals surface area contributed by atoms with Gasteiger partial charge in [0.05, 0.1) is 0 Å². The molecule has 1 aliphatic carbocycles. The Morgan fingerprint density at radius 2 is 2.50 bits per heavy atom. The number of rotatable bonds is 7. The van der Waals surface area contributed by atoms with Crippen LogP contribution in [0, 0.1) is 5.92 Å². The average Bonchev–Trinajstić information content (AvgIpc) is 2.99. The number of aliphatic carboxylic acids is 1. The molecule has 0 aliphatic heterocycles. The highest BCUT2D eigenvalue weighted by Crippen LogP contribution is 2.39. The summed E-state index contributed by atoms with van der Waals surface area (Å²) in [6.45, 7) is 4.02. The molecule has 1 saturated carbocycles. The van der Waals surface area contributed by atoms with Crippen molar-refractivity contribution < 1.29 is 9.90 Å². The van der Waals surface area contributed by atoms with Crippen molar-refractivity contribution >= 4 is 29.1 Å². The van der Waals surface area contributed by atoms with Gasteiger partial charge in [-0.25, -0.2) is 0 Å². The molecule has 112 valence electrons. The van der Waals surface area contributed by atoms with Gasteiger partial charge in [-0.15, -0.1) is 10.2 Å². The Morgan fingerprint density at radius 3 is 3.10 bits per heavy atom. The van der Waals surface area contributed by atoms with Crippen LogP contribution in [0.3, 0.4) is 0 Å². The van der Waals surface area contributed by atoms with Crippen LogP contribution in [0.2, 0.25) is 0 Å². The van der Waals surface area contributed by atoms with Crippen LogP contribution < -0.4 is 5.32 Å². The van der Waals surface area contributed by atoms with Crippen molar-refractivity contribution in [2.75, 3.05) is 5.75 Å². The Bertz CT molecular complexity index is 439. The molecule has 2 N–H and O–H groups in total. The van der Waals surface area contributed by atoms with E-state index in [1.807, 2.05) is 13.8 Å². The maximum absolute atomic E-state index is 11.8. The molecule has 0 amide bonds. The van der Waals surface area contributed by atoms with Crippen LogP contribution in [-0.4, -0.2) is 38.6 Å². The lowest BCUT2D eigenvalue weighted by molar-refractivity contribution is -0.147. The molecule has 2 rings (SSSR count). The summed E-state index contributed by atoms with van der Waals surface area (Å²) in [6, 6.07) is 0.183. The maximum atomic E-state index is 11.8. The number of aromatic nitrogens is 2. The molecule has 0 aromatic carbocycles. The van der Waals surface area contributed by atoms with Crippen molar-refractivity contribution in [1.29, 1.82) is 0 Å². The highest BCUT2D eigenvalue weighted by Gasteiger charge is 2.48. The predicted molar refractivity (Wildman–Crippen MR) is 81.2 cm³/mol. The molecule has 0 saturated heterocycles. The van der Waals surface area contributed by atoms with Gasteiger partial charge in [0.2, 0.25) is 0 Å². The van der Waals surface area contributed by atoms with Gasteiger partial charge < -0.3 is 5.11 Å². The van der Waals surface area contributed by atoms with Gasteiger partial charge in [0, 0.05) is 11.8 Å². The van der Waals surface area contributed by atoms with Crippen LogP contribution in [0.1, 0.15) is 39.5 Å². The van der Waals surface area contributed by atoms with Crippen molar-refractivity contribution in [3.05, 3.63) is 5.51 Å². The Hall–Kier alpha value is -0.660. The molecule has 1 aliphatic rings. The molecule has 1 fully saturated rings. The van der Waals surface area contributed by atoms with Gasteiger partial charge in [0.1, 0.15) is 11.0 Å². The standard InChI is InChI=1S/C13H21N3O2S2/c1-9(2)15-13(11(17)18)6-3-4-10(13)5-7-19-12-16-14-8-20-12/h8-10,15H,3-7H2,1-2H3,(H,17,18). The van der Waals surface area contributed by atoms with Gasteiger partial charge in [0.25, 0.3) is 0 Å². The van der Waals surface area contributed by atoms with E-state index in [4.69, 9.17) is 0 Å². The van der Waals surface area contributed by atoms with Crippen molar-refractivity contribution in [2.24, 2.45) is 5.92 Å². The first-order chi connectivity index (χ1) is 9.54. The molecule has 0 bridgehead atoms. The van der Waals surface area contributed by atoms with Crippen LogP contribution in [0.4, 0.5) is 0 Å². The SMILES string of the molecule is CC(C)NC1(C(=O)O)CCCC1CCSc1nncs1. The number of hydrogen-bond acceptors (Lipinski definition) is 6. The second-order valence-electron chi connectivity index (χ2n) is 5.51. The van der Waals surface area contributed by atoms with E-state index in [0.29, 0.717) is 0 Å². The van der Waals surface area contributed by atoms with Crippen molar-refractivity contribution in [1.82, 2.24) is 15.5 Å². The molecule has 2 atom stereocenters. The summed E-state index contributed by atoms with van der Waals surface area (Å²) in [4.78, 5) is 11.8. The minimum Gasteiger partial charge on any atom is -0.480 e. The third kappa shape index (κ3) is 3.51. The Balaban J connectivity index is 1.95. The van der Waals surface area contributed by atoms with Gasteiger partial charge in [-0.1, -0.05) is 29.5 Å². The van der Waals surface area contributed by atoms with Gasteiger partial charge in [-0.05, 0) is 39.0 Å². The summed E-state index contributed by atoms with van der Waals surface area (Å²) in [5.74, 6) is 0.395. The van der Waals surface area contributed by atoms with E-state index in [9.17, 15) is 9.90 Å². The third-order valence-electron chi connectivity index (χ3n) is 3.78. The Kier molecular flexibility index (Phi) is 5.40. The fourth-order valence-corrected chi connectivity index (χ4v) is 4.64. The number of carboxylic acid groups (broad SMARTS) is 1. The zero-order chi connectivity index (χ0) is 14.6. The van der Waals surface area contributed by atoms with Crippen LogP contribution in [-0.2, 0) is 4.79 Å². The first-order valence-electron chi connectivity index (χ1n) is 6.94. The van der Waals surface area contributed by atoms with Crippen LogP contribution in [0.25, 0.3) is 0 Å². The number of nitrogens with one attached hydrogen (secondary N) is 1. The first kappa shape index (κ1) is 15.7. The molecule has 20 heavy (non-hydrogen) atoms. The van der Waals surface area contributed by atoms with Crippen molar-refractivity contribution in [3.63, 3.8) is 0 Å². The quantitative estimate of drug-likeness (QED) is 0.753. The van der Waals surface area contributed by atoms with E-state index >= 15 is 0 Å². The molecular weight excluding hydrogens is 294 g/mol. The van der Waals surface area contributed by atoms with E-state index in [1.54, 1.807) is 17.3 Å². The monoisotopic (exact) mass is 315 g/mol. The number of thioether (sulfide) groups is 1. The zero-order valence-electron chi connectivity index (χ0n) is 11.8. The van der Waals surface area contributed by atoms with Crippen LogP contribution >= 0.6 is 23.1 Å². The lowest BCUT2D eigenvalue weighted by atomic mass is 9.84. The molecule has 1 aromatic rings. The van der Waals surface area contributed by atoms with Gasteiger partial charge in [-0.3, -0.25) is 10.1 Å². The van der Waals surface area contributed by atoms with Crippen molar-refractivity contribution in [3.8, 4) is 0 Å². The zero-order valence-corrected chi connectivity index (χ0v) is 13.5. The summed E-state index contributed by atoms with van der Waals surface area (Å²) in [6.07, 6.45) is 3.60. The predicted octanol–water partition coefficient (Wildman–Crippen LogP) is 2.64. The van der Waals surface area contributed by atoms with E-state index < -0.39 is 11.5 Å². The number of carbonyl (C=O) groups is 1. The van der Waals surface area contributed by atoms with E-state index in [-0.39, 0.29) is 12.0 Å². The lowest BCUT2D eigenvalue weighted by Crippen LogP contribution is -2.57. The minimum absolute atomic E-state index is 0.183. The van der Waals surface area contributed by atoms with Gasteiger partial charge in [0.15, 0.2) is 4.34 Å². The fourth-order valence-electron chi connectivity index (χ4n) is 3.03. The largest absolute Gasteiger partial charge is 0.480 e. The summed E-state index contributed by atoms with van der Waals surface area (Å²) in [5, 5.41) is 20.8. The summed E-state index contributed by atoms with van der Waals surface area (Å²) < 4.78 is 0.959. The van der Waals surface area contributed by atoms with E-state index in [0.717, 1.165) is 35.8 Å². The molecule has 1 aromatic heterocycles. The van der Waals surface area contributed by atoms with Crippen LogP contribution in [0.15, 0.2) is 9.85 Å². The second-order valence-corrected chi connectivity index (χ2v) is 7.68. The highest BCUT2D eigenvalue weighted by atomic mass is 32.2. The summed E-state index contributed by atoms with van der Waals surface area (Å²) >= 11 is 3.20. The van der Waals surface area contributed by atoms with Gasteiger partial charge in [-0.2, -0.15) is 0 Å². The van der Waals surface area contributed by atoms with E-state index in [1.165, 1.54) is 11.3 Å². The number of nitrogens with zero attached hydrogens (tertiary/aromatic N) is 2. The van der Waals surface area contributed by atoms with Crippen LogP contribution in [0.5, 0.6) is 0 Å². The highest BCUT2D eigenvalue weighted by molar-refractivity contribution is 8.00. The molecule has 7 heteroatoms. The molecular formula is C13H21N3O2S2. The molecule has 0 spiro atoms. The fraction of sp³-hybridized carbons (Fsp3) is 0.769. The topological polar surface area (TPSA) is 75.1 Å². The summed E-state index contributed by atoms with van der Waals surface area (Å²) in [5.41, 5.74) is 0.982. The Morgan fingerprint density at radius 1 is 1.70 bits per heavy atom. The molecule has 5 nitrogen and oxygen atoms in total. The van der Waals surface area contributed by atoms with Gasteiger partial charge >= 0.3 is 5.97 Å². The van der Waals surface area contributed by atoms with E-state index in [2.05, 4.69) is 15.5 Å². The minimum atomic E-state index is -0.740. The first-order valence-corrected chi connectivity index (χ1v) is 8.81. The normalized spacial score (nSPS) is 26.2. The molecule has 2 unspecified atom stereocenters. The number of carboxylic acids is 1. The third-order valence-corrected chi connectivity index (χ3v) is 5.67. The van der Waals surface area contributed by atoms with Crippen molar-refractivity contribution in [2.45, 2.75) is 55.5 Å². The lowest BCUT2D eigenvalue weighted by Gasteiger charge is -2.34. The molecule has 0 radical (unpaired) electrons. The molecule has 1 heterocycles. The smallest absolute Gasteiger partial charge is 0.324 e. The second kappa shape index (κ2) is 6.87. The number of hydrogen-bond donors (Lipinski definition) is 2. The Labute approximate surface area is 127 Å². The maximum Gasteiger partial charge on any atom is 0.324 e.